The van der Waals surface area contributed by atoms with Crippen molar-refractivity contribution in [1.29, 1.82) is 5.26 Å². The van der Waals surface area contributed by atoms with E-state index >= 15 is 0 Å². The molecule has 2 aromatic carbocycles. The van der Waals surface area contributed by atoms with Crippen LogP contribution >= 0.6 is 0 Å². The number of anilines is 1. The zero-order valence-electron chi connectivity index (χ0n) is 13.7. The summed E-state index contributed by atoms with van der Waals surface area (Å²) >= 11 is 0. The smallest absolute Gasteiger partial charge is 0.406 e. The molecule has 27 heavy (non-hydrogen) atoms. The monoisotopic (exact) mass is 371 g/mol. The lowest BCUT2D eigenvalue weighted by atomic mass is 10.1. The van der Waals surface area contributed by atoms with Crippen molar-refractivity contribution in [3.8, 4) is 11.8 Å². The summed E-state index contributed by atoms with van der Waals surface area (Å²) in [4.78, 5) is 15.0. The summed E-state index contributed by atoms with van der Waals surface area (Å²) in [5.41, 5.74) is 2.30. The number of nitrogens with zero attached hydrogens (tertiary/aromatic N) is 1. The van der Waals surface area contributed by atoms with Gasteiger partial charge >= 0.3 is 6.36 Å². The zero-order chi connectivity index (χ0) is 19.4. The van der Waals surface area contributed by atoms with E-state index in [4.69, 9.17) is 5.26 Å². The van der Waals surface area contributed by atoms with Gasteiger partial charge in [-0.25, -0.2) is 0 Å². The van der Waals surface area contributed by atoms with Crippen LogP contribution in [0.3, 0.4) is 0 Å². The van der Waals surface area contributed by atoms with Gasteiger partial charge in [-0.1, -0.05) is 12.1 Å². The molecular formula is C19H12F3N3O2. The number of carbonyl (C=O) groups excluding carboxylic acids is 1. The maximum Gasteiger partial charge on any atom is 0.573 e. The third-order valence-electron chi connectivity index (χ3n) is 3.61. The molecule has 0 saturated heterocycles. The number of carbonyl (C=O) groups is 1. The first kappa shape index (κ1) is 18.1. The summed E-state index contributed by atoms with van der Waals surface area (Å²) in [5.74, 6) is -0.754. The molecule has 0 spiro atoms. The fourth-order valence-electron chi connectivity index (χ4n) is 2.43. The zero-order valence-corrected chi connectivity index (χ0v) is 13.7. The van der Waals surface area contributed by atoms with Gasteiger partial charge in [0.25, 0.3) is 0 Å². The fourth-order valence-corrected chi connectivity index (χ4v) is 2.43. The van der Waals surface area contributed by atoms with Crippen molar-refractivity contribution in [3.05, 3.63) is 65.9 Å². The molecule has 5 nitrogen and oxygen atoms in total. The van der Waals surface area contributed by atoms with Gasteiger partial charge in [0.2, 0.25) is 5.91 Å². The Morgan fingerprint density at radius 2 is 1.93 bits per heavy atom. The number of nitrogens with one attached hydrogen (secondary N) is 2. The third kappa shape index (κ3) is 4.67. The molecule has 136 valence electrons. The van der Waals surface area contributed by atoms with Crippen molar-refractivity contribution >= 4 is 28.6 Å². The fraction of sp³-hybridized carbons (Fsp3) is 0.0526. The van der Waals surface area contributed by atoms with Gasteiger partial charge in [-0.15, -0.1) is 13.2 Å². The Hall–Kier alpha value is -3.73. The van der Waals surface area contributed by atoms with Crippen LogP contribution in [-0.4, -0.2) is 17.3 Å². The quantitative estimate of drug-likeness (QED) is 0.659. The molecular weight excluding hydrogens is 359 g/mol. The number of fused-ring (bicyclic) bond motifs is 1. The molecule has 1 amide bonds. The highest BCUT2D eigenvalue weighted by atomic mass is 19.4. The second-order valence-corrected chi connectivity index (χ2v) is 5.51. The molecule has 0 aliphatic carbocycles. The van der Waals surface area contributed by atoms with Crippen molar-refractivity contribution in [2.75, 3.05) is 5.32 Å². The molecule has 3 aromatic rings. The summed E-state index contributed by atoms with van der Waals surface area (Å²) in [6, 6.07) is 12.3. The summed E-state index contributed by atoms with van der Waals surface area (Å²) < 4.78 is 40.1. The summed E-state index contributed by atoms with van der Waals surface area (Å²) in [5, 5.41) is 12.4. The number of nitriles is 1. The van der Waals surface area contributed by atoms with E-state index in [9.17, 15) is 18.0 Å². The number of amides is 1. The van der Waals surface area contributed by atoms with Crippen LogP contribution in [0.4, 0.5) is 18.9 Å². The highest BCUT2D eigenvalue weighted by Gasteiger charge is 2.30. The van der Waals surface area contributed by atoms with Crippen molar-refractivity contribution < 1.29 is 22.7 Å². The van der Waals surface area contributed by atoms with E-state index in [2.05, 4.69) is 21.1 Å². The standard InChI is InChI=1S/C19H12F3N3O2/c20-19(21,22)27-15-5-1-12(2-6-15)3-8-18(26)25-14-4-7-17-16(9-14)13(10-23)11-24-17/h1-9,11,24H,(H,25,26)/b8-3-. The van der Waals surface area contributed by atoms with E-state index in [0.717, 1.165) is 17.6 Å². The molecule has 0 aliphatic rings. The molecule has 1 aromatic heterocycles. The molecule has 0 saturated carbocycles. The SMILES string of the molecule is N#Cc1c[nH]c2ccc(NC(=O)/C=C\c3ccc(OC(F)(F)F)cc3)cc12. The number of hydrogen-bond donors (Lipinski definition) is 2. The number of aromatic nitrogens is 1. The summed E-state index contributed by atoms with van der Waals surface area (Å²) in [7, 11) is 0. The Labute approximate surface area is 151 Å². The van der Waals surface area contributed by atoms with Gasteiger partial charge in [-0.3, -0.25) is 4.79 Å². The van der Waals surface area contributed by atoms with E-state index in [1.807, 2.05) is 0 Å². The molecule has 0 atom stereocenters. The first-order valence-corrected chi connectivity index (χ1v) is 7.70. The average Bonchev–Trinajstić information content (AvgIpc) is 3.02. The van der Waals surface area contributed by atoms with Crippen LogP contribution in [0.15, 0.2) is 54.7 Å². The lowest BCUT2D eigenvalue weighted by molar-refractivity contribution is -0.274. The number of hydrogen-bond acceptors (Lipinski definition) is 3. The normalized spacial score (nSPS) is 11.5. The predicted molar refractivity (Wildman–Crippen MR) is 93.8 cm³/mol. The minimum Gasteiger partial charge on any atom is -0.406 e. The van der Waals surface area contributed by atoms with E-state index < -0.39 is 12.3 Å². The minimum absolute atomic E-state index is 0.336. The van der Waals surface area contributed by atoms with E-state index in [-0.39, 0.29) is 5.75 Å². The molecule has 1 heterocycles. The maximum absolute atomic E-state index is 12.1. The van der Waals surface area contributed by atoms with Crippen LogP contribution in [0, 0.1) is 11.3 Å². The van der Waals surface area contributed by atoms with Crippen molar-refractivity contribution in [2.45, 2.75) is 6.36 Å². The molecule has 0 radical (unpaired) electrons. The van der Waals surface area contributed by atoms with Crippen LogP contribution in [0.2, 0.25) is 0 Å². The summed E-state index contributed by atoms with van der Waals surface area (Å²) in [6.45, 7) is 0. The molecule has 0 aliphatic heterocycles. The Kier molecular flexibility index (Phi) is 4.86. The van der Waals surface area contributed by atoms with Crippen LogP contribution in [0.5, 0.6) is 5.75 Å². The third-order valence-corrected chi connectivity index (χ3v) is 3.61. The highest BCUT2D eigenvalue weighted by Crippen LogP contribution is 2.23. The lowest BCUT2D eigenvalue weighted by Crippen LogP contribution is -2.16. The van der Waals surface area contributed by atoms with E-state index in [1.165, 1.54) is 24.3 Å². The highest BCUT2D eigenvalue weighted by molar-refractivity contribution is 6.03. The van der Waals surface area contributed by atoms with Gasteiger partial charge in [-0.05, 0) is 42.0 Å². The number of halogens is 3. The van der Waals surface area contributed by atoms with Gasteiger partial charge in [-0.2, -0.15) is 5.26 Å². The van der Waals surface area contributed by atoms with Crippen LogP contribution in [0.1, 0.15) is 11.1 Å². The molecule has 0 bridgehead atoms. The molecule has 3 rings (SSSR count). The number of benzene rings is 2. The largest absolute Gasteiger partial charge is 0.573 e. The van der Waals surface area contributed by atoms with Gasteiger partial charge in [0, 0.05) is 28.9 Å². The Morgan fingerprint density at radius 1 is 1.19 bits per heavy atom. The Balaban J connectivity index is 1.66. The number of alkyl halides is 3. The topological polar surface area (TPSA) is 77.9 Å². The summed E-state index contributed by atoms with van der Waals surface area (Å²) in [6.07, 6.45) is -0.445. The van der Waals surface area contributed by atoms with Crippen LogP contribution in [0.25, 0.3) is 17.0 Å². The Bertz CT molecular complexity index is 1040. The maximum atomic E-state index is 12.1. The van der Waals surface area contributed by atoms with Crippen molar-refractivity contribution in [3.63, 3.8) is 0 Å². The van der Waals surface area contributed by atoms with Crippen molar-refractivity contribution in [1.82, 2.24) is 4.98 Å². The van der Waals surface area contributed by atoms with Crippen LogP contribution < -0.4 is 10.1 Å². The van der Waals surface area contributed by atoms with Crippen LogP contribution in [-0.2, 0) is 4.79 Å². The molecule has 0 fully saturated rings. The predicted octanol–water partition coefficient (Wildman–Crippen LogP) is 4.59. The van der Waals surface area contributed by atoms with Gasteiger partial charge in [0.1, 0.15) is 11.8 Å². The molecule has 2 N–H and O–H groups in total. The number of aromatic amines is 1. The lowest BCUT2D eigenvalue weighted by Gasteiger charge is -2.08. The second-order valence-electron chi connectivity index (χ2n) is 5.51. The number of ether oxygens (including phenoxy) is 1. The Morgan fingerprint density at radius 3 is 2.59 bits per heavy atom. The van der Waals surface area contributed by atoms with Gasteiger partial charge in [0.15, 0.2) is 0 Å². The van der Waals surface area contributed by atoms with Crippen molar-refractivity contribution in [2.24, 2.45) is 0 Å². The number of rotatable bonds is 4. The minimum atomic E-state index is -4.75. The first-order chi connectivity index (χ1) is 12.8. The molecule has 8 heteroatoms. The second kappa shape index (κ2) is 7.25. The van der Waals surface area contributed by atoms with E-state index in [0.29, 0.717) is 22.2 Å². The molecule has 0 unspecified atom stereocenters. The number of H-pyrrole nitrogens is 1. The average molecular weight is 371 g/mol. The van der Waals surface area contributed by atoms with Gasteiger partial charge < -0.3 is 15.0 Å². The van der Waals surface area contributed by atoms with E-state index in [1.54, 1.807) is 24.4 Å². The van der Waals surface area contributed by atoms with Gasteiger partial charge in [0.05, 0.1) is 5.56 Å². The first-order valence-electron chi connectivity index (χ1n) is 7.70.